The van der Waals surface area contributed by atoms with E-state index < -0.39 is 17.3 Å². The lowest BCUT2D eigenvalue weighted by Gasteiger charge is -2.25. The Morgan fingerprint density at radius 3 is 2.69 bits per heavy atom. The van der Waals surface area contributed by atoms with E-state index in [0.29, 0.717) is 12.8 Å². The van der Waals surface area contributed by atoms with Crippen LogP contribution in [0.25, 0.3) is 0 Å². The van der Waals surface area contributed by atoms with Gasteiger partial charge in [-0.3, -0.25) is 0 Å². The average molecular weight is 190 g/mol. The Bertz CT molecular complexity index is 217. The molecular formula is C10H16F2O. The Kier molecular flexibility index (Phi) is 1.92. The summed E-state index contributed by atoms with van der Waals surface area (Å²) in [6.45, 7) is 1.64. The summed E-state index contributed by atoms with van der Waals surface area (Å²) < 4.78 is 27.0. The first-order valence-electron chi connectivity index (χ1n) is 5.06. The van der Waals surface area contributed by atoms with Crippen molar-refractivity contribution in [2.75, 3.05) is 6.61 Å². The molecule has 0 radical (unpaired) electrons. The Morgan fingerprint density at radius 1 is 1.46 bits per heavy atom. The van der Waals surface area contributed by atoms with Gasteiger partial charge in [0.15, 0.2) is 0 Å². The summed E-state index contributed by atoms with van der Waals surface area (Å²) >= 11 is 0. The molecule has 0 aromatic rings. The van der Waals surface area contributed by atoms with Crippen molar-refractivity contribution in [3.05, 3.63) is 0 Å². The molecule has 13 heavy (non-hydrogen) atoms. The molecule has 1 N–H and O–H groups in total. The summed E-state index contributed by atoms with van der Waals surface area (Å²) in [7, 11) is 0. The van der Waals surface area contributed by atoms with Crippen LogP contribution in [0.15, 0.2) is 0 Å². The summed E-state index contributed by atoms with van der Waals surface area (Å²) in [5.74, 6) is -3.17. The zero-order valence-electron chi connectivity index (χ0n) is 7.89. The molecule has 0 saturated heterocycles. The van der Waals surface area contributed by atoms with Crippen LogP contribution in [0.1, 0.15) is 32.6 Å². The van der Waals surface area contributed by atoms with Crippen LogP contribution in [-0.4, -0.2) is 17.6 Å². The van der Waals surface area contributed by atoms with Crippen LogP contribution in [0.4, 0.5) is 8.78 Å². The van der Waals surface area contributed by atoms with Crippen molar-refractivity contribution >= 4 is 0 Å². The highest BCUT2D eigenvalue weighted by atomic mass is 19.3. The molecule has 3 heteroatoms. The second-order valence-electron chi connectivity index (χ2n) is 4.55. The SMILES string of the molecule is C[C@H](CO)C12CCCCC1C2(F)F. The Hall–Kier alpha value is -0.180. The Labute approximate surface area is 77.1 Å². The predicted octanol–water partition coefficient (Wildman–Crippen LogP) is 2.44. The monoisotopic (exact) mass is 190 g/mol. The molecule has 2 saturated carbocycles. The minimum Gasteiger partial charge on any atom is -0.396 e. The predicted molar refractivity (Wildman–Crippen MR) is 45.6 cm³/mol. The van der Waals surface area contributed by atoms with Gasteiger partial charge in [-0.25, -0.2) is 8.78 Å². The van der Waals surface area contributed by atoms with Crippen LogP contribution in [0.5, 0.6) is 0 Å². The van der Waals surface area contributed by atoms with E-state index in [1.807, 2.05) is 0 Å². The van der Waals surface area contributed by atoms with Gasteiger partial charge in [0.2, 0.25) is 0 Å². The third kappa shape index (κ3) is 0.940. The first-order chi connectivity index (χ1) is 6.07. The van der Waals surface area contributed by atoms with Gasteiger partial charge >= 0.3 is 0 Å². The first-order valence-corrected chi connectivity index (χ1v) is 5.06. The number of halogens is 2. The first kappa shape index (κ1) is 9.38. The van der Waals surface area contributed by atoms with Crippen LogP contribution in [0.2, 0.25) is 0 Å². The van der Waals surface area contributed by atoms with Gasteiger partial charge in [0, 0.05) is 17.9 Å². The van der Waals surface area contributed by atoms with Crippen molar-refractivity contribution in [2.45, 2.75) is 38.5 Å². The molecule has 2 unspecified atom stereocenters. The van der Waals surface area contributed by atoms with Gasteiger partial charge in [-0.15, -0.1) is 0 Å². The largest absolute Gasteiger partial charge is 0.396 e. The molecule has 0 aliphatic heterocycles. The van der Waals surface area contributed by atoms with E-state index >= 15 is 0 Å². The Balaban J connectivity index is 2.21. The molecular weight excluding hydrogens is 174 g/mol. The number of fused-ring (bicyclic) bond motifs is 1. The second kappa shape index (κ2) is 2.66. The van der Waals surface area contributed by atoms with Gasteiger partial charge in [-0.2, -0.15) is 0 Å². The molecule has 0 heterocycles. The smallest absolute Gasteiger partial charge is 0.258 e. The van der Waals surface area contributed by atoms with Crippen LogP contribution in [0, 0.1) is 17.3 Å². The highest BCUT2D eigenvalue weighted by molar-refractivity contribution is 5.20. The van der Waals surface area contributed by atoms with Crippen molar-refractivity contribution in [3.8, 4) is 0 Å². The Morgan fingerprint density at radius 2 is 2.15 bits per heavy atom. The third-order valence-electron chi connectivity index (χ3n) is 4.08. The highest BCUT2D eigenvalue weighted by Gasteiger charge is 2.81. The maximum atomic E-state index is 13.5. The second-order valence-corrected chi connectivity index (χ2v) is 4.55. The topological polar surface area (TPSA) is 20.2 Å². The standard InChI is InChI=1S/C10H16F2O/c1-7(6-13)9-5-3-2-4-8(9)10(9,11)12/h7-8,13H,2-6H2,1H3/t7-,8?,9?/m1/s1. The summed E-state index contributed by atoms with van der Waals surface area (Å²) in [5, 5.41) is 8.98. The quantitative estimate of drug-likeness (QED) is 0.709. The molecule has 0 aromatic carbocycles. The summed E-state index contributed by atoms with van der Waals surface area (Å²) in [4.78, 5) is 0. The zero-order valence-corrected chi connectivity index (χ0v) is 7.89. The van der Waals surface area contributed by atoms with Gasteiger partial charge in [0.1, 0.15) is 0 Å². The van der Waals surface area contributed by atoms with Crippen LogP contribution in [0.3, 0.4) is 0 Å². The van der Waals surface area contributed by atoms with Crippen molar-refractivity contribution < 1.29 is 13.9 Å². The molecule has 2 rings (SSSR count). The van der Waals surface area contributed by atoms with E-state index in [9.17, 15) is 8.78 Å². The van der Waals surface area contributed by atoms with E-state index in [4.69, 9.17) is 5.11 Å². The lowest BCUT2D eigenvalue weighted by atomic mass is 9.79. The third-order valence-corrected chi connectivity index (χ3v) is 4.08. The molecule has 2 fully saturated rings. The van der Waals surface area contributed by atoms with Crippen LogP contribution in [-0.2, 0) is 0 Å². The average Bonchev–Trinajstić information content (AvgIpc) is 2.65. The fraction of sp³-hybridized carbons (Fsp3) is 1.00. The number of rotatable bonds is 2. The molecule has 2 aliphatic carbocycles. The van der Waals surface area contributed by atoms with Crippen molar-refractivity contribution in [1.82, 2.24) is 0 Å². The van der Waals surface area contributed by atoms with Gasteiger partial charge < -0.3 is 5.11 Å². The molecule has 2 aliphatic rings. The van der Waals surface area contributed by atoms with E-state index in [1.54, 1.807) is 6.92 Å². The number of alkyl halides is 2. The molecule has 0 amide bonds. The fourth-order valence-electron chi connectivity index (χ4n) is 3.18. The summed E-state index contributed by atoms with van der Waals surface area (Å²) in [6.07, 6.45) is 3.08. The molecule has 0 bridgehead atoms. The molecule has 0 aromatic heterocycles. The minimum absolute atomic E-state index is 0.105. The van der Waals surface area contributed by atoms with E-state index in [1.165, 1.54) is 0 Å². The van der Waals surface area contributed by atoms with Gasteiger partial charge in [0.05, 0.1) is 0 Å². The number of aliphatic hydroxyl groups is 1. The zero-order chi connectivity index (χ0) is 9.69. The van der Waals surface area contributed by atoms with Gasteiger partial charge in [-0.05, 0) is 18.8 Å². The van der Waals surface area contributed by atoms with E-state index in [-0.39, 0.29) is 12.5 Å². The maximum absolute atomic E-state index is 13.5. The lowest BCUT2D eigenvalue weighted by molar-refractivity contribution is 0.0216. The van der Waals surface area contributed by atoms with Crippen molar-refractivity contribution in [2.24, 2.45) is 17.3 Å². The van der Waals surface area contributed by atoms with Gasteiger partial charge in [-0.1, -0.05) is 19.8 Å². The number of hydrogen-bond acceptors (Lipinski definition) is 1. The van der Waals surface area contributed by atoms with Crippen LogP contribution >= 0.6 is 0 Å². The highest BCUT2D eigenvalue weighted by Crippen LogP contribution is 2.75. The van der Waals surface area contributed by atoms with Crippen molar-refractivity contribution in [3.63, 3.8) is 0 Å². The molecule has 1 nitrogen and oxygen atoms in total. The van der Waals surface area contributed by atoms with E-state index in [2.05, 4.69) is 0 Å². The van der Waals surface area contributed by atoms with Crippen molar-refractivity contribution in [1.29, 1.82) is 0 Å². The maximum Gasteiger partial charge on any atom is 0.258 e. The van der Waals surface area contributed by atoms with Gasteiger partial charge in [0.25, 0.3) is 5.92 Å². The number of hydrogen-bond donors (Lipinski definition) is 1. The summed E-state index contributed by atoms with van der Waals surface area (Å²) in [5.41, 5.74) is -0.833. The van der Waals surface area contributed by atoms with Crippen LogP contribution < -0.4 is 0 Å². The van der Waals surface area contributed by atoms with E-state index in [0.717, 1.165) is 12.8 Å². The fourth-order valence-corrected chi connectivity index (χ4v) is 3.18. The molecule has 0 spiro atoms. The molecule has 3 atom stereocenters. The number of aliphatic hydroxyl groups excluding tert-OH is 1. The normalized spacial score (nSPS) is 43.8. The summed E-state index contributed by atoms with van der Waals surface area (Å²) in [6, 6.07) is 0. The minimum atomic E-state index is -2.49. The lowest BCUT2D eigenvalue weighted by Crippen LogP contribution is -2.25. The molecule has 76 valence electrons.